The third kappa shape index (κ3) is 4.52. The lowest BCUT2D eigenvalue weighted by Gasteiger charge is -2.28. The molecule has 33 heavy (non-hydrogen) atoms. The van der Waals surface area contributed by atoms with Crippen LogP contribution in [-0.4, -0.2) is 44.5 Å². The second-order valence-electron chi connectivity index (χ2n) is 7.67. The van der Waals surface area contributed by atoms with Gasteiger partial charge >= 0.3 is 0 Å². The fraction of sp³-hybridized carbons (Fsp3) is 0.240. The summed E-state index contributed by atoms with van der Waals surface area (Å²) in [5, 5.41) is 9.37. The van der Waals surface area contributed by atoms with E-state index in [-0.39, 0.29) is 11.7 Å². The van der Waals surface area contributed by atoms with Gasteiger partial charge in [-0.25, -0.2) is 0 Å². The molecule has 0 radical (unpaired) electrons. The van der Waals surface area contributed by atoms with E-state index in [1.165, 1.54) is 22.9 Å². The van der Waals surface area contributed by atoms with E-state index in [4.69, 9.17) is 9.15 Å². The predicted octanol–water partition coefficient (Wildman–Crippen LogP) is 4.60. The number of carbonyl (C=O) groups is 1. The number of furan rings is 1. The standard InChI is InChI=1S/C25H24N4O3S/c1-2-31-21-11-9-20(10-12-21)29-24(22-8-5-15-32-22)26-27-25(29)33-17-23(30)28-14-13-18-6-3-4-7-19(18)16-28/h3-12,15H,2,13-14,16-17H2,1H3. The summed E-state index contributed by atoms with van der Waals surface area (Å²) in [5.74, 6) is 2.38. The maximum atomic E-state index is 13.0. The van der Waals surface area contributed by atoms with Crippen LogP contribution in [0.3, 0.4) is 0 Å². The highest BCUT2D eigenvalue weighted by Gasteiger charge is 2.23. The van der Waals surface area contributed by atoms with Gasteiger partial charge in [0, 0.05) is 13.1 Å². The molecule has 0 unspecified atom stereocenters. The molecule has 2 aromatic carbocycles. The summed E-state index contributed by atoms with van der Waals surface area (Å²) in [6, 6.07) is 19.7. The first kappa shape index (κ1) is 21.3. The SMILES string of the molecule is CCOc1ccc(-n2c(SCC(=O)N3CCc4ccccc4C3)nnc2-c2ccco2)cc1. The van der Waals surface area contributed by atoms with Crippen molar-refractivity contribution in [2.24, 2.45) is 0 Å². The van der Waals surface area contributed by atoms with Crippen molar-refractivity contribution in [2.45, 2.75) is 25.0 Å². The molecule has 7 nitrogen and oxygen atoms in total. The highest BCUT2D eigenvalue weighted by atomic mass is 32.2. The molecule has 1 aliphatic rings. The number of amides is 1. The van der Waals surface area contributed by atoms with Crippen molar-refractivity contribution in [2.75, 3.05) is 18.9 Å². The van der Waals surface area contributed by atoms with Crippen LogP contribution >= 0.6 is 11.8 Å². The predicted molar refractivity (Wildman–Crippen MR) is 127 cm³/mol. The first-order valence-corrected chi connectivity index (χ1v) is 11.9. The fourth-order valence-corrected chi connectivity index (χ4v) is 4.80. The molecule has 0 bridgehead atoms. The summed E-state index contributed by atoms with van der Waals surface area (Å²) < 4.78 is 13.1. The van der Waals surface area contributed by atoms with Crippen LogP contribution in [0.15, 0.2) is 76.5 Å². The molecule has 0 atom stereocenters. The lowest BCUT2D eigenvalue weighted by Crippen LogP contribution is -2.37. The normalized spacial score (nSPS) is 13.1. The van der Waals surface area contributed by atoms with Crippen LogP contribution in [0.4, 0.5) is 0 Å². The number of carbonyl (C=O) groups excluding carboxylic acids is 1. The van der Waals surface area contributed by atoms with Gasteiger partial charge in [-0.3, -0.25) is 9.36 Å². The van der Waals surface area contributed by atoms with Crippen LogP contribution in [0.1, 0.15) is 18.1 Å². The number of rotatable bonds is 7. The van der Waals surface area contributed by atoms with Crippen molar-refractivity contribution in [3.8, 4) is 23.0 Å². The minimum atomic E-state index is 0.0929. The number of nitrogens with zero attached hydrogens (tertiary/aromatic N) is 4. The number of ether oxygens (including phenoxy) is 1. The third-order valence-corrected chi connectivity index (χ3v) is 6.50. The van der Waals surface area contributed by atoms with Crippen LogP contribution in [0.25, 0.3) is 17.3 Å². The van der Waals surface area contributed by atoms with Gasteiger partial charge in [0.15, 0.2) is 10.9 Å². The largest absolute Gasteiger partial charge is 0.494 e. The molecule has 0 aliphatic carbocycles. The summed E-state index contributed by atoms with van der Waals surface area (Å²) in [6.45, 7) is 3.95. The molecule has 0 fully saturated rings. The third-order valence-electron chi connectivity index (χ3n) is 5.59. The van der Waals surface area contributed by atoms with Gasteiger partial charge in [-0.1, -0.05) is 36.0 Å². The lowest BCUT2D eigenvalue weighted by molar-refractivity contribution is -0.129. The Morgan fingerprint density at radius 2 is 1.88 bits per heavy atom. The Balaban J connectivity index is 1.36. The van der Waals surface area contributed by atoms with Crippen molar-refractivity contribution in [3.63, 3.8) is 0 Å². The Morgan fingerprint density at radius 1 is 1.06 bits per heavy atom. The zero-order chi connectivity index (χ0) is 22.6. The van der Waals surface area contributed by atoms with Gasteiger partial charge in [-0.15, -0.1) is 10.2 Å². The van der Waals surface area contributed by atoms with Gasteiger partial charge in [-0.05, 0) is 60.9 Å². The van der Waals surface area contributed by atoms with Gasteiger partial charge < -0.3 is 14.1 Å². The Labute approximate surface area is 196 Å². The topological polar surface area (TPSA) is 73.4 Å². The van der Waals surface area contributed by atoms with Crippen LogP contribution in [-0.2, 0) is 17.8 Å². The molecule has 0 N–H and O–H groups in total. The van der Waals surface area contributed by atoms with Crippen molar-refractivity contribution < 1.29 is 13.9 Å². The Kier molecular flexibility index (Phi) is 6.17. The van der Waals surface area contributed by atoms with E-state index in [9.17, 15) is 4.79 Å². The summed E-state index contributed by atoms with van der Waals surface area (Å²) in [5.41, 5.74) is 3.42. The van der Waals surface area contributed by atoms with Crippen LogP contribution in [0.2, 0.25) is 0 Å². The molecule has 1 aliphatic heterocycles. The molecule has 168 valence electrons. The second kappa shape index (κ2) is 9.54. The Hall–Kier alpha value is -3.52. The molecular weight excluding hydrogens is 436 g/mol. The first-order chi connectivity index (χ1) is 16.2. The molecule has 2 aromatic heterocycles. The Morgan fingerprint density at radius 3 is 2.64 bits per heavy atom. The Bertz CT molecular complexity index is 1240. The van der Waals surface area contributed by atoms with E-state index in [1.807, 2.05) is 58.9 Å². The lowest BCUT2D eigenvalue weighted by atomic mass is 10.00. The molecular formula is C25H24N4O3S. The van der Waals surface area contributed by atoms with E-state index < -0.39 is 0 Å². The van der Waals surface area contributed by atoms with E-state index in [2.05, 4.69) is 28.4 Å². The van der Waals surface area contributed by atoms with Crippen molar-refractivity contribution >= 4 is 17.7 Å². The van der Waals surface area contributed by atoms with Gasteiger partial charge in [-0.2, -0.15) is 0 Å². The number of aromatic nitrogens is 3. The minimum absolute atomic E-state index is 0.0929. The molecule has 0 saturated heterocycles. The van der Waals surface area contributed by atoms with Gasteiger partial charge in [0.25, 0.3) is 0 Å². The molecule has 0 spiro atoms. The van der Waals surface area contributed by atoms with Gasteiger partial charge in [0.05, 0.1) is 24.3 Å². The summed E-state index contributed by atoms with van der Waals surface area (Å²) >= 11 is 1.38. The molecule has 0 saturated carbocycles. The summed E-state index contributed by atoms with van der Waals surface area (Å²) in [4.78, 5) is 14.9. The highest BCUT2D eigenvalue weighted by Crippen LogP contribution is 2.30. The molecule has 4 aromatic rings. The monoisotopic (exact) mass is 460 g/mol. The van der Waals surface area contributed by atoms with Crippen LogP contribution in [0.5, 0.6) is 5.75 Å². The van der Waals surface area contributed by atoms with Crippen LogP contribution in [0, 0.1) is 0 Å². The number of hydrogen-bond acceptors (Lipinski definition) is 6. The molecule has 1 amide bonds. The van der Waals surface area contributed by atoms with Crippen molar-refractivity contribution in [1.29, 1.82) is 0 Å². The van der Waals surface area contributed by atoms with E-state index in [1.54, 1.807) is 6.26 Å². The summed E-state index contributed by atoms with van der Waals surface area (Å²) in [6.07, 6.45) is 2.49. The second-order valence-corrected chi connectivity index (χ2v) is 8.61. The summed E-state index contributed by atoms with van der Waals surface area (Å²) in [7, 11) is 0. The number of benzene rings is 2. The fourth-order valence-electron chi connectivity index (χ4n) is 3.95. The van der Waals surface area contributed by atoms with Crippen molar-refractivity contribution in [1.82, 2.24) is 19.7 Å². The molecule has 8 heteroatoms. The van der Waals surface area contributed by atoms with Gasteiger partial charge in [0.1, 0.15) is 5.75 Å². The number of thioether (sulfide) groups is 1. The number of hydrogen-bond donors (Lipinski definition) is 0. The van der Waals surface area contributed by atoms with Crippen molar-refractivity contribution in [3.05, 3.63) is 78.1 Å². The van der Waals surface area contributed by atoms with E-state index in [0.29, 0.717) is 29.9 Å². The highest BCUT2D eigenvalue weighted by molar-refractivity contribution is 7.99. The minimum Gasteiger partial charge on any atom is -0.494 e. The zero-order valence-electron chi connectivity index (χ0n) is 18.3. The first-order valence-electron chi connectivity index (χ1n) is 10.9. The van der Waals surface area contributed by atoms with E-state index >= 15 is 0 Å². The molecule has 5 rings (SSSR count). The number of fused-ring (bicyclic) bond motifs is 1. The average Bonchev–Trinajstić information content (AvgIpc) is 3.53. The quantitative estimate of drug-likeness (QED) is 0.375. The average molecular weight is 461 g/mol. The van der Waals surface area contributed by atoms with Gasteiger partial charge in [0.2, 0.25) is 11.7 Å². The molecule has 3 heterocycles. The van der Waals surface area contributed by atoms with E-state index in [0.717, 1.165) is 24.4 Å². The zero-order valence-corrected chi connectivity index (χ0v) is 19.1. The maximum absolute atomic E-state index is 13.0. The smallest absolute Gasteiger partial charge is 0.233 e. The maximum Gasteiger partial charge on any atom is 0.233 e. The van der Waals surface area contributed by atoms with Crippen LogP contribution < -0.4 is 4.74 Å².